The maximum atomic E-state index is 13.7. The fraction of sp³-hybridized carbons (Fsp3) is 0.105. The molecule has 0 saturated carbocycles. The van der Waals surface area contributed by atoms with Gasteiger partial charge in [0, 0.05) is 12.4 Å². The molecular weight excluding hydrogens is 355 g/mol. The summed E-state index contributed by atoms with van der Waals surface area (Å²) in [6.45, 7) is 0.0334. The summed E-state index contributed by atoms with van der Waals surface area (Å²) in [4.78, 5) is 4.10. The van der Waals surface area contributed by atoms with Gasteiger partial charge in [-0.25, -0.2) is 12.8 Å². The number of halogens is 1. The van der Waals surface area contributed by atoms with Crippen LogP contribution in [0.3, 0.4) is 0 Å². The van der Waals surface area contributed by atoms with Gasteiger partial charge < -0.3 is 4.74 Å². The number of methoxy groups -OCH3 is 1. The van der Waals surface area contributed by atoms with E-state index in [0.29, 0.717) is 11.3 Å². The van der Waals surface area contributed by atoms with Gasteiger partial charge in [0.05, 0.1) is 24.2 Å². The normalized spacial score (nSPS) is 11.2. The molecule has 0 amide bonds. The van der Waals surface area contributed by atoms with Gasteiger partial charge in [-0.1, -0.05) is 12.1 Å². The van der Waals surface area contributed by atoms with Crippen molar-refractivity contribution in [1.29, 1.82) is 0 Å². The number of aromatic nitrogens is 1. The molecule has 0 aliphatic heterocycles. The third-order valence-electron chi connectivity index (χ3n) is 3.79. The maximum Gasteiger partial charge on any atom is 0.264 e. The van der Waals surface area contributed by atoms with E-state index in [1.54, 1.807) is 42.7 Å². The number of hydrogen-bond acceptors (Lipinski definition) is 4. The van der Waals surface area contributed by atoms with E-state index in [1.807, 2.05) is 0 Å². The van der Waals surface area contributed by atoms with Crippen LogP contribution in [-0.2, 0) is 16.6 Å². The van der Waals surface area contributed by atoms with E-state index >= 15 is 0 Å². The van der Waals surface area contributed by atoms with Crippen molar-refractivity contribution in [1.82, 2.24) is 4.98 Å². The predicted octanol–water partition coefficient (Wildman–Crippen LogP) is 3.62. The van der Waals surface area contributed by atoms with Gasteiger partial charge >= 0.3 is 0 Å². The minimum Gasteiger partial charge on any atom is -0.497 e. The second-order valence-electron chi connectivity index (χ2n) is 5.53. The van der Waals surface area contributed by atoms with Crippen molar-refractivity contribution >= 4 is 15.7 Å². The maximum absolute atomic E-state index is 13.7. The van der Waals surface area contributed by atoms with Gasteiger partial charge in [0.2, 0.25) is 0 Å². The van der Waals surface area contributed by atoms with Gasteiger partial charge in [-0.15, -0.1) is 0 Å². The molecule has 26 heavy (non-hydrogen) atoms. The molecular formula is C19H17FN2O3S. The van der Waals surface area contributed by atoms with E-state index in [2.05, 4.69) is 4.98 Å². The van der Waals surface area contributed by atoms with E-state index in [-0.39, 0.29) is 17.1 Å². The van der Waals surface area contributed by atoms with E-state index in [1.165, 1.54) is 37.4 Å². The Balaban J connectivity index is 2.06. The number of nitrogens with zero attached hydrogens (tertiary/aromatic N) is 2. The van der Waals surface area contributed by atoms with Crippen LogP contribution in [0.1, 0.15) is 5.56 Å². The molecule has 3 rings (SSSR count). The zero-order valence-electron chi connectivity index (χ0n) is 14.0. The Bertz CT molecular complexity index is 977. The Morgan fingerprint density at radius 2 is 1.85 bits per heavy atom. The molecule has 1 aromatic heterocycles. The molecule has 0 spiro atoms. The summed E-state index contributed by atoms with van der Waals surface area (Å²) in [5, 5.41) is 0. The number of sulfonamides is 1. The monoisotopic (exact) mass is 372 g/mol. The Labute approximate surface area is 151 Å². The van der Waals surface area contributed by atoms with Crippen LogP contribution in [0, 0.1) is 5.82 Å². The van der Waals surface area contributed by atoms with Gasteiger partial charge in [-0.2, -0.15) is 0 Å². The van der Waals surface area contributed by atoms with Crippen LogP contribution in [0.15, 0.2) is 78.0 Å². The van der Waals surface area contributed by atoms with Crippen molar-refractivity contribution in [2.24, 2.45) is 0 Å². The molecule has 0 atom stereocenters. The fourth-order valence-electron chi connectivity index (χ4n) is 2.48. The molecule has 2 aromatic carbocycles. The molecule has 0 radical (unpaired) electrons. The highest BCUT2D eigenvalue weighted by atomic mass is 32.2. The third kappa shape index (κ3) is 3.83. The molecule has 0 fully saturated rings. The van der Waals surface area contributed by atoms with E-state index < -0.39 is 15.8 Å². The lowest BCUT2D eigenvalue weighted by Gasteiger charge is -2.24. The van der Waals surface area contributed by atoms with Crippen LogP contribution in [-0.4, -0.2) is 20.5 Å². The first-order chi connectivity index (χ1) is 12.5. The van der Waals surface area contributed by atoms with Crippen LogP contribution in [0.25, 0.3) is 0 Å². The molecule has 0 aliphatic carbocycles. The lowest BCUT2D eigenvalue weighted by atomic mass is 10.2. The molecule has 1 heterocycles. The van der Waals surface area contributed by atoms with Crippen molar-refractivity contribution < 1.29 is 17.5 Å². The summed E-state index contributed by atoms with van der Waals surface area (Å²) in [5.74, 6) is 0.0390. The topological polar surface area (TPSA) is 59.5 Å². The first kappa shape index (κ1) is 17.9. The molecule has 5 nitrogen and oxygen atoms in total. The summed E-state index contributed by atoms with van der Waals surface area (Å²) >= 11 is 0. The summed E-state index contributed by atoms with van der Waals surface area (Å²) in [6, 6.07) is 15.0. The molecule has 3 aromatic rings. The minimum atomic E-state index is -3.91. The summed E-state index contributed by atoms with van der Waals surface area (Å²) in [6.07, 6.45) is 3.18. The van der Waals surface area contributed by atoms with E-state index in [0.717, 1.165) is 4.31 Å². The minimum absolute atomic E-state index is 0.0334. The SMILES string of the molecule is COc1ccc(S(=O)(=O)N(Cc2cccnc2)c2cccc(F)c2)cc1. The fourth-order valence-corrected chi connectivity index (χ4v) is 3.92. The van der Waals surface area contributed by atoms with Gasteiger partial charge in [-0.3, -0.25) is 9.29 Å². The summed E-state index contributed by atoms with van der Waals surface area (Å²) in [7, 11) is -2.41. The van der Waals surface area contributed by atoms with E-state index in [9.17, 15) is 12.8 Å². The molecule has 134 valence electrons. The lowest BCUT2D eigenvalue weighted by molar-refractivity contribution is 0.414. The highest BCUT2D eigenvalue weighted by Gasteiger charge is 2.25. The van der Waals surface area contributed by atoms with Crippen LogP contribution < -0.4 is 9.04 Å². The Kier molecular flexibility index (Phi) is 5.18. The first-order valence-electron chi connectivity index (χ1n) is 7.82. The van der Waals surface area contributed by atoms with Crippen molar-refractivity contribution in [3.63, 3.8) is 0 Å². The number of pyridine rings is 1. The number of hydrogen-bond donors (Lipinski definition) is 0. The van der Waals surface area contributed by atoms with E-state index in [4.69, 9.17) is 4.74 Å². The Hall–Kier alpha value is -2.93. The van der Waals surface area contributed by atoms with Gasteiger partial charge in [0.1, 0.15) is 11.6 Å². The second-order valence-corrected chi connectivity index (χ2v) is 7.39. The molecule has 0 aliphatic rings. The van der Waals surface area contributed by atoms with Crippen LogP contribution in [0.2, 0.25) is 0 Å². The first-order valence-corrected chi connectivity index (χ1v) is 9.26. The summed E-state index contributed by atoms with van der Waals surface area (Å²) in [5.41, 5.74) is 0.929. The molecule has 0 bridgehead atoms. The Morgan fingerprint density at radius 3 is 2.46 bits per heavy atom. The molecule has 7 heteroatoms. The molecule has 0 unspecified atom stereocenters. The molecule has 0 saturated heterocycles. The predicted molar refractivity (Wildman–Crippen MR) is 97.0 cm³/mol. The average molecular weight is 372 g/mol. The van der Waals surface area contributed by atoms with Crippen LogP contribution in [0.4, 0.5) is 10.1 Å². The van der Waals surface area contributed by atoms with Gasteiger partial charge in [0.15, 0.2) is 0 Å². The largest absolute Gasteiger partial charge is 0.497 e. The van der Waals surface area contributed by atoms with Crippen molar-refractivity contribution in [2.75, 3.05) is 11.4 Å². The van der Waals surface area contributed by atoms with Crippen molar-refractivity contribution in [3.8, 4) is 5.75 Å². The van der Waals surface area contributed by atoms with Gasteiger partial charge in [0.25, 0.3) is 10.0 Å². The third-order valence-corrected chi connectivity index (χ3v) is 5.58. The quantitative estimate of drug-likeness (QED) is 0.663. The average Bonchev–Trinajstić information content (AvgIpc) is 2.67. The number of ether oxygens (including phenoxy) is 1. The zero-order valence-corrected chi connectivity index (χ0v) is 14.9. The van der Waals surface area contributed by atoms with Crippen LogP contribution >= 0.6 is 0 Å². The zero-order chi connectivity index (χ0) is 18.6. The van der Waals surface area contributed by atoms with Crippen molar-refractivity contribution in [3.05, 3.63) is 84.4 Å². The smallest absolute Gasteiger partial charge is 0.264 e. The lowest BCUT2D eigenvalue weighted by Crippen LogP contribution is -2.30. The number of anilines is 1. The van der Waals surface area contributed by atoms with Crippen molar-refractivity contribution in [2.45, 2.75) is 11.4 Å². The summed E-state index contributed by atoms with van der Waals surface area (Å²) < 4.78 is 46.3. The number of rotatable bonds is 6. The van der Waals surface area contributed by atoms with Crippen LogP contribution in [0.5, 0.6) is 5.75 Å². The highest BCUT2D eigenvalue weighted by Crippen LogP contribution is 2.27. The highest BCUT2D eigenvalue weighted by molar-refractivity contribution is 7.92. The number of benzene rings is 2. The standard InChI is InChI=1S/C19H17FN2O3S/c1-25-18-7-9-19(10-8-18)26(23,24)22(14-15-4-3-11-21-13-15)17-6-2-5-16(20)12-17/h2-13H,14H2,1H3. The van der Waals surface area contributed by atoms with Gasteiger partial charge in [-0.05, 0) is 54.1 Å². The Morgan fingerprint density at radius 1 is 1.08 bits per heavy atom. The molecule has 0 N–H and O–H groups in total. The second kappa shape index (κ2) is 7.53.